The largest absolute Gasteiger partial charge is 0.496 e. The van der Waals surface area contributed by atoms with Crippen molar-refractivity contribution in [3.63, 3.8) is 0 Å². The molecule has 0 bridgehead atoms. The van der Waals surface area contributed by atoms with Crippen LogP contribution in [0.25, 0.3) is 0 Å². The van der Waals surface area contributed by atoms with E-state index >= 15 is 0 Å². The van der Waals surface area contributed by atoms with E-state index in [1.54, 1.807) is 18.2 Å². The third kappa shape index (κ3) is 4.77. The second-order valence-corrected chi connectivity index (χ2v) is 5.89. The summed E-state index contributed by atoms with van der Waals surface area (Å²) in [4.78, 5) is 12.2. The first-order chi connectivity index (χ1) is 9.54. The number of rotatable bonds is 4. The first kappa shape index (κ1) is 18.1. The van der Waals surface area contributed by atoms with Gasteiger partial charge in [-0.3, -0.25) is 4.79 Å². The summed E-state index contributed by atoms with van der Waals surface area (Å²) in [5.74, 6) is 0.304. The predicted octanol–water partition coefficient (Wildman–Crippen LogP) is 3.16. The number of ether oxygens (including phenoxy) is 1. The van der Waals surface area contributed by atoms with Crippen LogP contribution >= 0.6 is 24.0 Å². The molecule has 118 valence electrons. The Hall–Kier alpha value is -0.970. The second-order valence-electron chi connectivity index (χ2n) is 5.45. The highest BCUT2D eigenvalue weighted by atomic mass is 35.5. The van der Waals surface area contributed by atoms with Crippen LogP contribution in [0.2, 0.25) is 5.02 Å². The minimum atomic E-state index is -0.270. The maximum atomic E-state index is 12.2. The van der Waals surface area contributed by atoms with Crippen molar-refractivity contribution < 1.29 is 9.53 Å². The van der Waals surface area contributed by atoms with Gasteiger partial charge in [0.25, 0.3) is 5.91 Å². The molecule has 3 N–H and O–H groups in total. The molecule has 21 heavy (non-hydrogen) atoms. The molecule has 0 aromatic heterocycles. The minimum Gasteiger partial charge on any atom is -0.496 e. The van der Waals surface area contributed by atoms with Crippen molar-refractivity contribution >= 4 is 29.9 Å². The lowest BCUT2D eigenvalue weighted by Gasteiger charge is -2.33. The van der Waals surface area contributed by atoms with E-state index in [1.807, 2.05) is 0 Å². The lowest BCUT2D eigenvalue weighted by atomic mass is 9.82. The van der Waals surface area contributed by atoms with E-state index in [-0.39, 0.29) is 23.9 Å². The molecule has 1 saturated carbocycles. The average molecular weight is 333 g/mol. The maximum Gasteiger partial charge on any atom is 0.255 e. The van der Waals surface area contributed by atoms with E-state index in [0.717, 1.165) is 25.7 Å². The molecule has 1 aliphatic rings. The topological polar surface area (TPSA) is 64.3 Å². The van der Waals surface area contributed by atoms with Crippen molar-refractivity contribution in [2.45, 2.75) is 37.6 Å². The van der Waals surface area contributed by atoms with Crippen LogP contribution in [0, 0.1) is 0 Å². The summed E-state index contributed by atoms with van der Waals surface area (Å²) in [7, 11) is 1.52. The van der Waals surface area contributed by atoms with Crippen LogP contribution in [0.5, 0.6) is 5.75 Å². The first-order valence-corrected chi connectivity index (χ1v) is 7.32. The molecule has 0 atom stereocenters. The number of carbonyl (C=O) groups excluding carboxylic acids is 1. The summed E-state index contributed by atoms with van der Waals surface area (Å²) in [5, 5.41) is 3.46. The average Bonchev–Trinajstić information content (AvgIpc) is 2.45. The van der Waals surface area contributed by atoms with Gasteiger partial charge in [-0.05, 0) is 31.0 Å². The molecule has 2 rings (SSSR count). The van der Waals surface area contributed by atoms with Gasteiger partial charge in [0.05, 0.1) is 12.7 Å². The number of methoxy groups -OCH3 is 1. The lowest BCUT2D eigenvalue weighted by Crippen LogP contribution is -2.51. The minimum absolute atomic E-state index is 0. The third-order valence-corrected chi connectivity index (χ3v) is 4.09. The van der Waals surface area contributed by atoms with Crippen molar-refractivity contribution in [2.24, 2.45) is 5.73 Å². The van der Waals surface area contributed by atoms with Gasteiger partial charge in [0, 0.05) is 17.1 Å². The molecule has 0 aliphatic heterocycles. The highest BCUT2D eigenvalue weighted by Crippen LogP contribution is 2.26. The number of nitrogens with two attached hydrogens (primary N) is 1. The summed E-state index contributed by atoms with van der Waals surface area (Å²) in [6.07, 6.45) is 5.43. The number of carbonyl (C=O) groups is 1. The second kappa shape index (κ2) is 7.87. The van der Waals surface area contributed by atoms with Crippen LogP contribution in [0.3, 0.4) is 0 Å². The van der Waals surface area contributed by atoms with Gasteiger partial charge in [0.1, 0.15) is 5.75 Å². The molecule has 1 aromatic carbocycles. The van der Waals surface area contributed by atoms with Gasteiger partial charge in [0.15, 0.2) is 0 Å². The van der Waals surface area contributed by atoms with Gasteiger partial charge >= 0.3 is 0 Å². The zero-order chi connectivity index (χ0) is 14.6. The Morgan fingerprint density at radius 1 is 1.38 bits per heavy atom. The van der Waals surface area contributed by atoms with Crippen LogP contribution in [-0.2, 0) is 0 Å². The van der Waals surface area contributed by atoms with E-state index < -0.39 is 0 Å². The first-order valence-electron chi connectivity index (χ1n) is 6.95. The molecule has 6 heteroatoms. The van der Waals surface area contributed by atoms with E-state index in [1.165, 1.54) is 13.5 Å². The summed E-state index contributed by atoms with van der Waals surface area (Å²) < 4.78 is 5.19. The Balaban J connectivity index is 0.00000220. The maximum absolute atomic E-state index is 12.2. The molecule has 4 nitrogen and oxygen atoms in total. The predicted molar refractivity (Wildman–Crippen MR) is 87.6 cm³/mol. The summed E-state index contributed by atoms with van der Waals surface area (Å²) >= 11 is 5.89. The van der Waals surface area contributed by atoms with Gasteiger partial charge in [-0.1, -0.05) is 30.9 Å². The Morgan fingerprint density at radius 3 is 2.67 bits per heavy atom. The Bertz CT molecular complexity index is 489. The summed E-state index contributed by atoms with van der Waals surface area (Å²) in [5.41, 5.74) is 6.53. The monoisotopic (exact) mass is 332 g/mol. The molecule has 0 heterocycles. The van der Waals surface area contributed by atoms with E-state index in [2.05, 4.69) is 5.32 Å². The van der Waals surface area contributed by atoms with E-state index in [9.17, 15) is 4.79 Å². The van der Waals surface area contributed by atoms with Gasteiger partial charge < -0.3 is 15.8 Å². The fraction of sp³-hybridized carbons (Fsp3) is 0.533. The molecule has 0 spiro atoms. The molecule has 1 aliphatic carbocycles. The molecule has 1 aromatic rings. The fourth-order valence-corrected chi connectivity index (χ4v) is 2.80. The van der Waals surface area contributed by atoms with Gasteiger partial charge in [-0.2, -0.15) is 0 Å². The van der Waals surface area contributed by atoms with Gasteiger partial charge in [0.2, 0.25) is 0 Å². The lowest BCUT2D eigenvalue weighted by molar-refractivity contribution is 0.0934. The zero-order valence-electron chi connectivity index (χ0n) is 12.2. The number of amides is 1. The standard InChI is InChI=1S/C15H21ClN2O2.ClH/c1-20-13-9-11(16)5-6-12(13)14(19)18-10-15(17)7-3-2-4-8-15;/h5-6,9H,2-4,7-8,10,17H2,1H3,(H,18,19);1H. The fourth-order valence-electron chi connectivity index (χ4n) is 2.64. The highest BCUT2D eigenvalue weighted by Gasteiger charge is 2.28. The third-order valence-electron chi connectivity index (χ3n) is 3.86. The number of halogens is 2. The van der Waals surface area contributed by atoms with Crippen LogP contribution < -0.4 is 15.8 Å². The van der Waals surface area contributed by atoms with Crippen molar-refractivity contribution in [3.8, 4) is 5.75 Å². The van der Waals surface area contributed by atoms with Crippen molar-refractivity contribution in [1.82, 2.24) is 5.32 Å². The smallest absolute Gasteiger partial charge is 0.255 e. The molecule has 0 radical (unpaired) electrons. The van der Waals surface area contributed by atoms with Gasteiger partial charge in [-0.15, -0.1) is 12.4 Å². The number of nitrogens with one attached hydrogen (secondary N) is 1. The van der Waals surface area contributed by atoms with Crippen LogP contribution in [0.1, 0.15) is 42.5 Å². The van der Waals surface area contributed by atoms with Crippen molar-refractivity contribution in [3.05, 3.63) is 28.8 Å². The number of hydrogen-bond acceptors (Lipinski definition) is 3. The quantitative estimate of drug-likeness (QED) is 0.890. The molecule has 1 amide bonds. The van der Waals surface area contributed by atoms with E-state index in [4.69, 9.17) is 22.1 Å². The Labute approximate surface area is 136 Å². The van der Waals surface area contributed by atoms with E-state index in [0.29, 0.717) is 22.9 Å². The Morgan fingerprint density at radius 2 is 2.05 bits per heavy atom. The van der Waals surface area contributed by atoms with Gasteiger partial charge in [-0.25, -0.2) is 0 Å². The summed E-state index contributed by atoms with van der Waals surface area (Å²) in [6.45, 7) is 0.498. The van der Waals surface area contributed by atoms with Crippen molar-refractivity contribution in [2.75, 3.05) is 13.7 Å². The molecular weight excluding hydrogens is 311 g/mol. The molecule has 0 unspecified atom stereocenters. The van der Waals surface area contributed by atoms with Crippen LogP contribution in [0.15, 0.2) is 18.2 Å². The highest BCUT2D eigenvalue weighted by molar-refractivity contribution is 6.30. The molecular formula is C15H22Cl2N2O2. The van der Waals surface area contributed by atoms with Crippen LogP contribution in [-0.4, -0.2) is 25.1 Å². The normalized spacial score (nSPS) is 16.7. The summed E-state index contributed by atoms with van der Waals surface area (Å²) in [6, 6.07) is 4.98. The SMILES string of the molecule is COc1cc(Cl)ccc1C(=O)NCC1(N)CCCCC1.Cl. The van der Waals surface area contributed by atoms with Crippen LogP contribution in [0.4, 0.5) is 0 Å². The Kier molecular flexibility index (Phi) is 6.78. The number of hydrogen-bond donors (Lipinski definition) is 2. The van der Waals surface area contributed by atoms with Crippen molar-refractivity contribution in [1.29, 1.82) is 0 Å². The molecule has 1 fully saturated rings. The molecule has 0 saturated heterocycles. The number of benzene rings is 1. The zero-order valence-corrected chi connectivity index (χ0v) is 13.7.